The molecule has 102 valence electrons. The van der Waals surface area contributed by atoms with Gasteiger partial charge in [-0.25, -0.2) is 4.79 Å². The SMILES string of the molecule is CC(C)/C=C/NC(=O)NC(C)C1CC2CCC1C2. The first-order valence-corrected chi connectivity index (χ1v) is 7.30. The Balaban J connectivity index is 1.74. The van der Waals surface area contributed by atoms with Gasteiger partial charge in [0.25, 0.3) is 0 Å². The second kappa shape index (κ2) is 5.77. The van der Waals surface area contributed by atoms with Gasteiger partial charge in [0.05, 0.1) is 0 Å². The largest absolute Gasteiger partial charge is 0.335 e. The van der Waals surface area contributed by atoms with Crippen molar-refractivity contribution < 1.29 is 4.79 Å². The van der Waals surface area contributed by atoms with Gasteiger partial charge in [-0.2, -0.15) is 0 Å². The molecule has 2 aliphatic rings. The van der Waals surface area contributed by atoms with Crippen molar-refractivity contribution in [2.24, 2.45) is 23.7 Å². The molecule has 2 aliphatic carbocycles. The summed E-state index contributed by atoms with van der Waals surface area (Å²) in [6, 6.07) is 0.231. The average Bonchev–Trinajstić information content (AvgIpc) is 2.89. The number of amides is 2. The Morgan fingerprint density at radius 3 is 2.56 bits per heavy atom. The minimum atomic E-state index is -0.0674. The summed E-state index contributed by atoms with van der Waals surface area (Å²) in [6.07, 6.45) is 9.22. The average molecular weight is 250 g/mol. The van der Waals surface area contributed by atoms with Crippen LogP contribution in [0.15, 0.2) is 12.3 Å². The van der Waals surface area contributed by atoms with Crippen LogP contribution in [0.3, 0.4) is 0 Å². The van der Waals surface area contributed by atoms with Gasteiger partial charge in [0.15, 0.2) is 0 Å². The van der Waals surface area contributed by atoms with Crippen LogP contribution in [-0.2, 0) is 0 Å². The Labute approximate surface area is 110 Å². The number of carbonyl (C=O) groups is 1. The highest BCUT2D eigenvalue weighted by Crippen LogP contribution is 2.49. The van der Waals surface area contributed by atoms with E-state index in [2.05, 4.69) is 31.4 Å². The van der Waals surface area contributed by atoms with Crippen LogP contribution < -0.4 is 10.6 Å². The van der Waals surface area contributed by atoms with Crippen molar-refractivity contribution in [3.8, 4) is 0 Å². The molecule has 2 fully saturated rings. The van der Waals surface area contributed by atoms with Gasteiger partial charge in [-0.05, 0) is 49.9 Å². The fourth-order valence-corrected chi connectivity index (χ4v) is 3.58. The maximum absolute atomic E-state index is 11.7. The fourth-order valence-electron chi connectivity index (χ4n) is 3.58. The molecule has 0 heterocycles. The molecule has 0 aromatic heterocycles. The lowest BCUT2D eigenvalue weighted by atomic mass is 9.84. The van der Waals surface area contributed by atoms with Crippen LogP contribution in [0, 0.1) is 23.7 Å². The highest BCUT2D eigenvalue weighted by Gasteiger charge is 2.42. The van der Waals surface area contributed by atoms with Crippen molar-refractivity contribution in [1.29, 1.82) is 0 Å². The van der Waals surface area contributed by atoms with E-state index in [0.29, 0.717) is 17.9 Å². The fraction of sp³-hybridized carbons (Fsp3) is 0.800. The number of hydrogen-bond acceptors (Lipinski definition) is 1. The monoisotopic (exact) mass is 250 g/mol. The van der Waals surface area contributed by atoms with E-state index in [1.54, 1.807) is 6.20 Å². The van der Waals surface area contributed by atoms with Crippen LogP contribution in [0.2, 0.25) is 0 Å². The molecule has 2 N–H and O–H groups in total. The maximum Gasteiger partial charge on any atom is 0.318 e. The van der Waals surface area contributed by atoms with Crippen molar-refractivity contribution in [1.82, 2.24) is 10.6 Å². The summed E-state index contributed by atoms with van der Waals surface area (Å²) < 4.78 is 0. The molecule has 0 aromatic carbocycles. The highest BCUT2D eigenvalue weighted by atomic mass is 16.2. The predicted octanol–water partition coefficient (Wildman–Crippen LogP) is 3.28. The summed E-state index contributed by atoms with van der Waals surface area (Å²) in [5.41, 5.74) is 0. The molecule has 0 aliphatic heterocycles. The number of rotatable bonds is 4. The second-order valence-electron chi connectivity index (χ2n) is 6.35. The van der Waals surface area contributed by atoms with Gasteiger partial charge in [0.1, 0.15) is 0 Å². The Morgan fingerprint density at radius 1 is 1.22 bits per heavy atom. The molecule has 2 saturated carbocycles. The van der Waals surface area contributed by atoms with Crippen LogP contribution >= 0.6 is 0 Å². The quantitative estimate of drug-likeness (QED) is 0.790. The van der Waals surface area contributed by atoms with Gasteiger partial charge < -0.3 is 10.6 Å². The number of fused-ring (bicyclic) bond motifs is 2. The Kier molecular flexibility index (Phi) is 4.31. The van der Waals surface area contributed by atoms with E-state index < -0.39 is 0 Å². The van der Waals surface area contributed by atoms with Gasteiger partial charge in [0.2, 0.25) is 0 Å². The third kappa shape index (κ3) is 3.27. The number of urea groups is 1. The first-order valence-electron chi connectivity index (χ1n) is 7.30. The van der Waals surface area contributed by atoms with Crippen LogP contribution in [0.4, 0.5) is 4.79 Å². The molecular weight excluding hydrogens is 224 g/mol. The van der Waals surface area contributed by atoms with E-state index in [-0.39, 0.29) is 6.03 Å². The molecule has 0 spiro atoms. The summed E-state index contributed by atoms with van der Waals surface area (Å²) in [4.78, 5) is 11.7. The van der Waals surface area contributed by atoms with Crippen LogP contribution in [0.1, 0.15) is 46.5 Å². The Hall–Kier alpha value is -0.990. The number of hydrogen-bond donors (Lipinski definition) is 2. The zero-order chi connectivity index (χ0) is 13.1. The van der Waals surface area contributed by atoms with Gasteiger partial charge in [-0.1, -0.05) is 26.3 Å². The predicted molar refractivity (Wildman–Crippen MR) is 74.0 cm³/mol. The third-order valence-electron chi connectivity index (χ3n) is 4.49. The first kappa shape index (κ1) is 13.4. The molecule has 4 unspecified atom stereocenters. The van der Waals surface area contributed by atoms with Gasteiger partial charge in [-0.3, -0.25) is 0 Å². The second-order valence-corrected chi connectivity index (χ2v) is 6.35. The van der Waals surface area contributed by atoms with Crippen LogP contribution in [0.25, 0.3) is 0 Å². The lowest BCUT2D eigenvalue weighted by Crippen LogP contribution is -2.43. The van der Waals surface area contributed by atoms with E-state index in [0.717, 1.165) is 11.8 Å². The number of carbonyl (C=O) groups excluding carboxylic acids is 1. The normalized spacial score (nSPS) is 32.1. The third-order valence-corrected chi connectivity index (χ3v) is 4.49. The molecule has 2 amide bonds. The molecule has 0 aromatic rings. The molecule has 2 rings (SSSR count). The van der Waals surface area contributed by atoms with Crippen LogP contribution in [0.5, 0.6) is 0 Å². The lowest BCUT2D eigenvalue weighted by molar-refractivity contribution is 0.223. The minimum absolute atomic E-state index is 0.0674. The lowest BCUT2D eigenvalue weighted by Gasteiger charge is -2.28. The van der Waals surface area contributed by atoms with E-state index in [9.17, 15) is 4.79 Å². The summed E-state index contributed by atoms with van der Waals surface area (Å²) >= 11 is 0. The van der Waals surface area contributed by atoms with E-state index >= 15 is 0 Å². The van der Waals surface area contributed by atoms with Crippen molar-refractivity contribution in [3.05, 3.63) is 12.3 Å². The topological polar surface area (TPSA) is 41.1 Å². The smallest absolute Gasteiger partial charge is 0.318 e. The summed E-state index contributed by atoms with van der Waals surface area (Å²) in [5, 5.41) is 5.86. The first-order chi connectivity index (χ1) is 8.56. The highest BCUT2D eigenvalue weighted by molar-refractivity contribution is 5.75. The molecule has 0 saturated heterocycles. The Morgan fingerprint density at radius 2 is 2.00 bits per heavy atom. The van der Waals surface area contributed by atoms with E-state index in [1.807, 2.05) is 6.08 Å². The van der Waals surface area contributed by atoms with Crippen molar-refractivity contribution in [2.45, 2.75) is 52.5 Å². The minimum Gasteiger partial charge on any atom is -0.335 e. The van der Waals surface area contributed by atoms with E-state index in [1.165, 1.54) is 25.7 Å². The van der Waals surface area contributed by atoms with Gasteiger partial charge in [0, 0.05) is 12.2 Å². The zero-order valence-electron chi connectivity index (χ0n) is 11.8. The maximum atomic E-state index is 11.7. The summed E-state index contributed by atoms with van der Waals surface area (Å²) in [5.74, 6) is 2.96. The van der Waals surface area contributed by atoms with Crippen molar-refractivity contribution in [2.75, 3.05) is 0 Å². The molecule has 3 heteroatoms. The van der Waals surface area contributed by atoms with Crippen molar-refractivity contribution in [3.63, 3.8) is 0 Å². The molecule has 4 atom stereocenters. The summed E-state index contributed by atoms with van der Waals surface area (Å²) in [6.45, 7) is 6.33. The van der Waals surface area contributed by atoms with Crippen LogP contribution in [-0.4, -0.2) is 12.1 Å². The number of allylic oxidation sites excluding steroid dienone is 1. The van der Waals surface area contributed by atoms with E-state index in [4.69, 9.17) is 0 Å². The standard InChI is InChI=1S/C15H26N2O/c1-10(2)6-7-16-15(18)17-11(3)14-9-12-4-5-13(14)8-12/h6-7,10-14H,4-5,8-9H2,1-3H3,(H2,16,17,18)/b7-6+. The molecular formula is C15H26N2O. The zero-order valence-corrected chi connectivity index (χ0v) is 11.8. The molecule has 2 bridgehead atoms. The van der Waals surface area contributed by atoms with Crippen molar-refractivity contribution >= 4 is 6.03 Å². The summed E-state index contributed by atoms with van der Waals surface area (Å²) in [7, 11) is 0. The number of nitrogens with one attached hydrogen (secondary N) is 2. The molecule has 18 heavy (non-hydrogen) atoms. The van der Waals surface area contributed by atoms with Gasteiger partial charge >= 0.3 is 6.03 Å². The molecule has 3 nitrogen and oxygen atoms in total. The molecule has 0 radical (unpaired) electrons. The Bertz CT molecular complexity index is 324. The van der Waals surface area contributed by atoms with Gasteiger partial charge in [-0.15, -0.1) is 0 Å².